The van der Waals surface area contributed by atoms with Crippen molar-refractivity contribution in [2.24, 2.45) is 5.92 Å². The lowest BCUT2D eigenvalue weighted by Gasteiger charge is -2.32. The molecule has 3 rings (SSSR count). The maximum atomic E-state index is 13.9. The summed E-state index contributed by atoms with van der Waals surface area (Å²) in [7, 11) is -3.64. The van der Waals surface area contributed by atoms with Crippen LogP contribution in [0.2, 0.25) is 10.0 Å². The van der Waals surface area contributed by atoms with Crippen molar-refractivity contribution in [2.45, 2.75) is 52.6 Å². The Morgan fingerprint density at radius 3 is 2.19 bits per heavy atom. The van der Waals surface area contributed by atoms with Crippen LogP contribution >= 0.6 is 23.2 Å². The number of nitrogens with zero attached hydrogens (tertiary/aromatic N) is 2. The van der Waals surface area contributed by atoms with Gasteiger partial charge in [0.15, 0.2) is 0 Å². The molecule has 3 aromatic rings. The molecule has 0 saturated heterocycles. The smallest absolute Gasteiger partial charge is 0.243 e. The fourth-order valence-corrected chi connectivity index (χ4v) is 5.92. The SMILES string of the molecule is Cc1c(Cl)cccc1N(CCCC(=O)N(Cc1ccc(Cl)cc1)[C@H](Cc1ccccc1)C(=O)NCC(C)C)S(C)(=O)=O. The van der Waals surface area contributed by atoms with Crippen LogP contribution in [0.1, 0.15) is 43.4 Å². The van der Waals surface area contributed by atoms with Gasteiger partial charge in [-0.05, 0) is 60.2 Å². The number of carbonyl (C=O) groups excluding carboxylic acids is 2. The molecule has 1 N–H and O–H groups in total. The van der Waals surface area contributed by atoms with Crippen molar-refractivity contribution in [1.82, 2.24) is 10.2 Å². The molecule has 0 fully saturated rings. The van der Waals surface area contributed by atoms with Gasteiger partial charge in [0.25, 0.3) is 0 Å². The van der Waals surface area contributed by atoms with Crippen molar-refractivity contribution in [3.63, 3.8) is 0 Å². The number of amides is 2. The van der Waals surface area contributed by atoms with Gasteiger partial charge in [0.1, 0.15) is 6.04 Å². The second-order valence-electron chi connectivity index (χ2n) is 10.8. The Hall–Kier alpha value is -3.07. The Balaban J connectivity index is 1.89. The minimum atomic E-state index is -3.64. The zero-order valence-corrected chi connectivity index (χ0v) is 26.8. The third-order valence-electron chi connectivity index (χ3n) is 6.88. The van der Waals surface area contributed by atoms with Crippen molar-refractivity contribution < 1.29 is 18.0 Å². The molecule has 0 aliphatic carbocycles. The summed E-state index contributed by atoms with van der Waals surface area (Å²) < 4.78 is 26.7. The molecular formula is C32H39Cl2N3O4S. The van der Waals surface area contributed by atoms with Crippen LogP contribution in [-0.4, -0.2) is 50.5 Å². The number of nitrogens with one attached hydrogen (secondary N) is 1. The molecule has 3 aromatic carbocycles. The quantitative estimate of drug-likeness (QED) is 0.227. The molecule has 1 atom stereocenters. The zero-order chi connectivity index (χ0) is 30.9. The van der Waals surface area contributed by atoms with Crippen LogP contribution in [0, 0.1) is 12.8 Å². The molecule has 0 aliphatic rings. The molecule has 2 amide bonds. The number of sulfonamides is 1. The molecule has 0 bridgehead atoms. The Labute approximate surface area is 259 Å². The molecule has 0 radical (unpaired) electrons. The first-order valence-corrected chi connectivity index (χ1v) is 16.6. The molecule has 0 heterocycles. The number of carbonyl (C=O) groups is 2. The van der Waals surface area contributed by atoms with Gasteiger partial charge in [0.2, 0.25) is 21.8 Å². The van der Waals surface area contributed by atoms with Crippen LogP contribution in [0.4, 0.5) is 5.69 Å². The van der Waals surface area contributed by atoms with Crippen LogP contribution in [0.15, 0.2) is 72.8 Å². The van der Waals surface area contributed by atoms with Crippen molar-refractivity contribution in [3.05, 3.63) is 99.5 Å². The molecule has 10 heteroatoms. The van der Waals surface area contributed by atoms with Gasteiger partial charge in [0, 0.05) is 42.5 Å². The van der Waals surface area contributed by atoms with Crippen LogP contribution in [0.5, 0.6) is 0 Å². The van der Waals surface area contributed by atoms with E-state index in [1.54, 1.807) is 42.2 Å². The summed E-state index contributed by atoms with van der Waals surface area (Å²) >= 11 is 12.4. The van der Waals surface area contributed by atoms with E-state index in [0.717, 1.165) is 17.4 Å². The molecule has 0 spiro atoms. The number of rotatable bonds is 14. The molecule has 0 saturated carbocycles. The van der Waals surface area contributed by atoms with E-state index in [4.69, 9.17) is 23.2 Å². The van der Waals surface area contributed by atoms with Crippen molar-refractivity contribution >= 4 is 50.7 Å². The number of benzene rings is 3. The summed E-state index contributed by atoms with van der Waals surface area (Å²) in [6, 6.07) is 21.1. The Morgan fingerprint density at radius 2 is 1.57 bits per heavy atom. The van der Waals surface area contributed by atoms with Gasteiger partial charge in [-0.1, -0.05) is 85.6 Å². The van der Waals surface area contributed by atoms with Gasteiger partial charge in [0.05, 0.1) is 11.9 Å². The van der Waals surface area contributed by atoms with Crippen molar-refractivity contribution in [2.75, 3.05) is 23.7 Å². The van der Waals surface area contributed by atoms with Gasteiger partial charge >= 0.3 is 0 Å². The average Bonchev–Trinajstić information content (AvgIpc) is 2.94. The largest absolute Gasteiger partial charge is 0.354 e. The Kier molecular flexibility index (Phi) is 12.3. The van der Waals surface area contributed by atoms with Gasteiger partial charge in [-0.25, -0.2) is 8.42 Å². The lowest BCUT2D eigenvalue weighted by molar-refractivity contribution is -0.141. The summed E-state index contributed by atoms with van der Waals surface area (Å²) in [5.41, 5.74) is 2.88. The average molecular weight is 633 g/mol. The van der Waals surface area contributed by atoms with E-state index in [1.165, 1.54) is 4.31 Å². The first-order chi connectivity index (χ1) is 19.9. The fourth-order valence-electron chi connectivity index (χ4n) is 4.61. The monoisotopic (exact) mass is 631 g/mol. The number of hydrogen-bond donors (Lipinski definition) is 1. The van der Waals surface area contributed by atoms with Gasteiger partial charge in [-0.15, -0.1) is 0 Å². The number of halogens is 2. The highest BCUT2D eigenvalue weighted by Crippen LogP contribution is 2.28. The predicted octanol–water partition coefficient (Wildman–Crippen LogP) is 6.26. The van der Waals surface area contributed by atoms with Crippen LogP contribution in [0.3, 0.4) is 0 Å². The summed E-state index contributed by atoms with van der Waals surface area (Å²) in [6.07, 6.45) is 1.76. The summed E-state index contributed by atoms with van der Waals surface area (Å²) in [4.78, 5) is 29.1. The van der Waals surface area contributed by atoms with E-state index in [9.17, 15) is 18.0 Å². The molecule has 226 valence electrons. The number of hydrogen-bond acceptors (Lipinski definition) is 4. The van der Waals surface area contributed by atoms with Gasteiger partial charge in [-0.2, -0.15) is 0 Å². The third kappa shape index (κ3) is 9.75. The normalized spacial score (nSPS) is 12.2. The van der Waals surface area contributed by atoms with Gasteiger partial charge in [-0.3, -0.25) is 13.9 Å². The third-order valence-corrected chi connectivity index (χ3v) is 8.72. The molecule has 0 aliphatic heterocycles. The topological polar surface area (TPSA) is 86.8 Å². The van der Waals surface area contributed by atoms with Crippen LogP contribution in [-0.2, 0) is 32.6 Å². The second-order valence-corrected chi connectivity index (χ2v) is 13.6. The van der Waals surface area contributed by atoms with Crippen molar-refractivity contribution in [3.8, 4) is 0 Å². The van der Waals surface area contributed by atoms with Crippen LogP contribution in [0.25, 0.3) is 0 Å². The first-order valence-electron chi connectivity index (χ1n) is 13.9. The summed E-state index contributed by atoms with van der Waals surface area (Å²) in [6.45, 7) is 6.56. The molecule has 0 unspecified atom stereocenters. The molecular weight excluding hydrogens is 593 g/mol. The number of anilines is 1. The van der Waals surface area contributed by atoms with E-state index in [2.05, 4.69) is 5.32 Å². The first kappa shape index (κ1) is 33.4. The minimum Gasteiger partial charge on any atom is -0.354 e. The van der Waals surface area contributed by atoms with Crippen molar-refractivity contribution in [1.29, 1.82) is 0 Å². The predicted molar refractivity (Wildman–Crippen MR) is 171 cm³/mol. The van der Waals surface area contributed by atoms with E-state index in [-0.39, 0.29) is 43.7 Å². The van der Waals surface area contributed by atoms with Crippen LogP contribution < -0.4 is 9.62 Å². The minimum absolute atomic E-state index is 0.0436. The van der Waals surface area contributed by atoms with E-state index in [1.807, 2.05) is 56.3 Å². The van der Waals surface area contributed by atoms with E-state index >= 15 is 0 Å². The lowest BCUT2D eigenvalue weighted by atomic mass is 10.0. The zero-order valence-electron chi connectivity index (χ0n) is 24.5. The van der Waals surface area contributed by atoms with E-state index < -0.39 is 16.1 Å². The van der Waals surface area contributed by atoms with Gasteiger partial charge < -0.3 is 10.2 Å². The summed E-state index contributed by atoms with van der Waals surface area (Å²) in [5, 5.41) is 4.04. The maximum absolute atomic E-state index is 13.9. The highest BCUT2D eigenvalue weighted by Gasteiger charge is 2.30. The molecule has 42 heavy (non-hydrogen) atoms. The second kappa shape index (κ2) is 15.4. The highest BCUT2D eigenvalue weighted by molar-refractivity contribution is 7.92. The molecule has 0 aromatic heterocycles. The fraction of sp³-hybridized carbons (Fsp3) is 0.375. The summed E-state index contributed by atoms with van der Waals surface area (Å²) in [5.74, 6) is -0.243. The highest BCUT2D eigenvalue weighted by atomic mass is 35.5. The standard InChI is InChI=1S/C32H39Cl2N3O4S/c1-23(2)21-35-32(39)30(20-25-10-6-5-7-11-25)36(22-26-15-17-27(33)18-16-26)31(38)14-9-19-37(42(4,40)41)29-13-8-12-28(34)24(29)3/h5-8,10-13,15-18,23,30H,9,14,19-22H2,1-4H3,(H,35,39)/t30-/m1/s1. The Bertz CT molecular complexity index is 1450. The molecule has 7 nitrogen and oxygen atoms in total. The van der Waals surface area contributed by atoms with E-state index in [0.29, 0.717) is 34.3 Å². The lowest BCUT2D eigenvalue weighted by Crippen LogP contribution is -2.51. The Morgan fingerprint density at radius 1 is 0.905 bits per heavy atom. The maximum Gasteiger partial charge on any atom is 0.243 e.